The molecule has 0 radical (unpaired) electrons. The van der Waals surface area contributed by atoms with Gasteiger partial charge in [-0.25, -0.2) is 4.79 Å². The lowest BCUT2D eigenvalue weighted by Gasteiger charge is -2.32. The van der Waals surface area contributed by atoms with Crippen molar-refractivity contribution in [1.82, 2.24) is 10.2 Å². The van der Waals surface area contributed by atoms with Crippen LogP contribution in [0.25, 0.3) is 11.1 Å². The summed E-state index contributed by atoms with van der Waals surface area (Å²) in [5, 5.41) is 12.6. The minimum atomic E-state index is -1.04. The number of ether oxygens (including phenoxy) is 1. The van der Waals surface area contributed by atoms with E-state index in [0.717, 1.165) is 29.5 Å². The molecule has 8 heteroatoms. The average molecular weight is 521 g/mol. The SMILES string of the molecule is CCOC(=O)CC1(C(=O)NC(Cc2ccc(-c3ccccc3)cc2)C(=O)N2CCCC2C(=O)O)CCCC1. The van der Waals surface area contributed by atoms with Crippen LogP contribution in [0.1, 0.15) is 57.4 Å². The molecule has 202 valence electrons. The number of benzene rings is 2. The molecule has 1 saturated heterocycles. The van der Waals surface area contributed by atoms with Gasteiger partial charge in [0.25, 0.3) is 0 Å². The Morgan fingerprint density at radius 1 is 1.00 bits per heavy atom. The fourth-order valence-electron chi connectivity index (χ4n) is 5.72. The van der Waals surface area contributed by atoms with Crippen molar-refractivity contribution in [2.75, 3.05) is 13.2 Å². The van der Waals surface area contributed by atoms with Crippen molar-refractivity contribution in [3.63, 3.8) is 0 Å². The van der Waals surface area contributed by atoms with E-state index in [9.17, 15) is 24.3 Å². The Kier molecular flexibility index (Phi) is 8.81. The molecule has 1 heterocycles. The molecule has 1 saturated carbocycles. The van der Waals surface area contributed by atoms with Gasteiger partial charge in [0.05, 0.1) is 18.4 Å². The van der Waals surface area contributed by atoms with Gasteiger partial charge < -0.3 is 20.1 Å². The average Bonchev–Trinajstić information content (AvgIpc) is 3.60. The maximum Gasteiger partial charge on any atom is 0.326 e. The third kappa shape index (κ3) is 6.23. The molecule has 4 rings (SSSR count). The summed E-state index contributed by atoms with van der Waals surface area (Å²) in [7, 11) is 0. The highest BCUT2D eigenvalue weighted by Crippen LogP contribution is 2.42. The minimum absolute atomic E-state index is 0.0270. The molecule has 2 atom stereocenters. The van der Waals surface area contributed by atoms with Crippen molar-refractivity contribution in [1.29, 1.82) is 0 Å². The number of carbonyl (C=O) groups excluding carboxylic acids is 3. The number of amides is 2. The fraction of sp³-hybridized carbons (Fsp3) is 0.467. The number of nitrogens with zero attached hydrogens (tertiary/aromatic N) is 1. The van der Waals surface area contributed by atoms with E-state index in [0.29, 0.717) is 32.2 Å². The molecule has 38 heavy (non-hydrogen) atoms. The van der Waals surface area contributed by atoms with Gasteiger partial charge in [0.1, 0.15) is 12.1 Å². The van der Waals surface area contributed by atoms with E-state index in [1.165, 1.54) is 4.90 Å². The van der Waals surface area contributed by atoms with Gasteiger partial charge >= 0.3 is 11.9 Å². The highest BCUT2D eigenvalue weighted by molar-refractivity contribution is 5.94. The number of hydrogen-bond donors (Lipinski definition) is 2. The number of rotatable bonds is 10. The summed E-state index contributed by atoms with van der Waals surface area (Å²) in [4.78, 5) is 52.9. The standard InChI is InChI=1S/C30H36N2O6/c1-2-38-26(33)20-30(16-6-7-17-30)29(37)31-24(27(34)32-18-8-11-25(32)28(35)36)19-21-12-14-23(15-13-21)22-9-4-3-5-10-22/h3-5,9-10,12-15,24-25H,2,6-8,11,16-20H2,1H3,(H,31,37)(H,35,36). The van der Waals surface area contributed by atoms with Crippen LogP contribution in [0.4, 0.5) is 0 Å². The maximum atomic E-state index is 13.7. The normalized spacial score (nSPS) is 19.1. The summed E-state index contributed by atoms with van der Waals surface area (Å²) in [5.74, 6) is -2.20. The van der Waals surface area contributed by atoms with Gasteiger partial charge in [-0.05, 0) is 49.3 Å². The second-order valence-electron chi connectivity index (χ2n) is 10.3. The van der Waals surface area contributed by atoms with Gasteiger partial charge in [-0.3, -0.25) is 14.4 Å². The number of esters is 1. The van der Waals surface area contributed by atoms with Gasteiger partial charge in [-0.1, -0.05) is 67.4 Å². The minimum Gasteiger partial charge on any atom is -0.480 e. The van der Waals surface area contributed by atoms with Crippen LogP contribution in [0.5, 0.6) is 0 Å². The lowest BCUT2D eigenvalue weighted by molar-refractivity contribution is -0.152. The number of carbonyl (C=O) groups is 4. The molecule has 8 nitrogen and oxygen atoms in total. The molecular weight excluding hydrogens is 484 g/mol. The molecule has 0 aromatic heterocycles. The molecule has 0 bridgehead atoms. The van der Waals surface area contributed by atoms with Crippen LogP contribution < -0.4 is 5.32 Å². The van der Waals surface area contributed by atoms with Gasteiger partial charge in [0.2, 0.25) is 11.8 Å². The monoisotopic (exact) mass is 520 g/mol. The molecule has 0 spiro atoms. The van der Waals surface area contributed by atoms with Crippen molar-refractivity contribution < 1.29 is 29.0 Å². The van der Waals surface area contributed by atoms with Crippen molar-refractivity contribution in [3.8, 4) is 11.1 Å². The number of hydrogen-bond acceptors (Lipinski definition) is 5. The van der Waals surface area contributed by atoms with Crippen molar-refractivity contribution in [3.05, 3.63) is 60.2 Å². The van der Waals surface area contributed by atoms with Gasteiger partial charge in [-0.2, -0.15) is 0 Å². The van der Waals surface area contributed by atoms with E-state index < -0.39 is 35.3 Å². The Hall–Kier alpha value is -3.68. The third-order valence-corrected chi connectivity index (χ3v) is 7.76. The largest absolute Gasteiger partial charge is 0.480 e. The fourth-order valence-corrected chi connectivity index (χ4v) is 5.72. The first kappa shape index (κ1) is 27.4. The smallest absolute Gasteiger partial charge is 0.326 e. The van der Waals surface area contributed by atoms with Crippen LogP contribution in [0.3, 0.4) is 0 Å². The Balaban J connectivity index is 1.57. The maximum absolute atomic E-state index is 13.7. The van der Waals surface area contributed by atoms with E-state index >= 15 is 0 Å². The molecule has 2 aromatic rings. The first-order chi connectivity index (χ1) is 18.3. The van der Waals surface area contributed by atoms with Crippen LogP contribution in [0.2, 0.25) is 0 Å². The Labute approximate surface area is 223 Å². The summed E-state index contributed by atoms with van der Waals surface area (Å²) in [6.45, 7) is 2.30. The van der Waals surface area contributed by atoms with Crippen LogP contribution in [-0.2, 0) is 30.3 Å². The Morgan fingerprint density at radius 2 is 1.66 bits per heavy atom. The first-order valence-corrected chi connectivity index (χ1v) is 13.5. The van der Waals surface area contributed by atoms with Crippen LogP contribution in [0, 0.1) is 5.41 Å². The third-order valence-electron chi connectivity index (χ3n) is 7.76. The number of likely N-dealkylation sites (tertiary alicyclic amines) is 1. The number of carboxylic acids is 1. The lowest BCUT2D eigenvalue weighted by Crippen LogP contribution is -2.55. The summed E-state index contributed by atoms with van der Waals surface area (Å²) in [6.07, 6.45) is 3.91. The summed E-state index contributed by atoms with van der Waals surface area (Å²) in [6, 6.07) is 15.9. The number of aliphatic carboxylic acids is 1. The number of nitrogens with one attached hydrogen (secondary N) is 1. The zero-order chi connectivity index (χ0) is 27.1. The highest BCUT2D eigenvalue weighted by atomic mass is 16.5. The van der Waals surface area contributed by atoms with E-state index in [1.54, 1.807) is 6.92 Å². The van der Waals surface area contributed by atoms with E-state index in [1.807, 2.05) is 54.6 Å². The predicted octanol–water partition coefficient (Wildman–Crippen LogP) is 3.97. The van der Waals surface area contributed by atoms with Gasteiger partial charge in [-0.15, -0.1) is 0 Å². The molecule has 2 amide bonds. The Bertz CT molecular complexity index is 1140. The molecule has 1 aliphatic carbocycles. The summed E-state index contributed by atoms with van der Waals surface area (Å²) >= 11 is 0. The van der Waals surface area contributed by atoms with Gasteiger partial charge in [0.15, 0.2) is 0 Å². The zero-order valence-electron chi connectivity index (χ0n) is 21.9. The lowest BCUT2D eigenvalue weighted by atomic mass is 9.81. The topological polar surface area (TPSA) is 113 Å². The Morgan fingerprint density at radius 3 is 2.29 bits per heavy atom. The second-order valence-corrected chi connectivity index (χ2v) is 10.3. The summed E-state index contributed by atoms with van der Waals surface area (Å²) in [5.41, 5.74) is 2.04. The highest BCUT2D eigenvalue weighted by Gasteiger charge is 2.45. The van der Waals surface area contributed by atoms with E-state index in [-0.39, 0.29) is 25.4 Å². The van der Waals surface area contributed by atoms with E-state index in [4.69, 9.17) is 4.74 Å². The van der Waals surface area contributed by atoms with Gasteiger partial charge in [0, 0.05) is 13.0 Å². The molecular formula is C30H36N2O6. The van der Waals surface area contributed by atoms with Crippen molar-refractivity contribution in [2.45, 2.75) is 70.4 Å². The first-order valence-electron chi connectivity index (χ1n) is 13.5. The quantitative estimate of drug-likeness (QED) is 0.459. The zero-order valence-corrected chi connectivity index (χ0v) is 21.9. The molecule has 2 fully saturated rings. The predicted molar refractivity (Wildman–Crippen MR) is 142 cm³/mol. The van der Waals surface area contributed by atoms with Crippen molar-refractivity contribution >= 4 is 23.8 Å². The molecule has 2 N–H and O–H groups in total. The number of carboxylic acid groups (broad SMARTS) is 1. The summed E-state index contributed by atoms with van der Waals surface area (Å²) < 4.78 is 5.14. The van der Waals surface area contributed by atoms with Crippen LogP contribution in [0.15, 0.2) is 54.6 Å². The molecule has 1 aliphatic heterocycles. The van der Waals surface area contributed by atoms with Crippen LogP contribution in [-0.4, -0.2) is 59.0 Å². The molecule has 2 aromatic carbocycles. The van der Waals surface area contributed by atoms with E-state index in [2.05, 4.69) is 5.32 Å². The molecule has 2 unspecified atom stereocenters. The van der Waals surface area contributed by atoms with Crippen molar-refractivity contribution in [2.24, 2.45) is 5.41 Å². The molecule has 2 aliphatic rings. The second kappa shape index (κ2) is 12.2. The van der Waals surface area contributed by atoms with Crippen LogP contribution >= 0.6 is 0 Å².